The number of alkyl carbamates (subject to hydrolysis) is 1. The van der Waals surface area contributed by atoms with Gasteiger partial charge in [0.05, 0.1) is 26.0 Å². The van der Waals surface area contributed by atoms with E-state index >= 15 is 0 Å². The number of likely N-dealkylation sites (tertiary alicyclic amines) is 1. The van der Waals surface area contributed by atoms with Crippen molar-refractivity contribution in [2.24, 2.45) is 16.9 Å². The Labute approximate surface area is 237 Å². The fraction of sp³-hybridized carbons (Fsp3) is 0.667. The van der Waals surface area contributed by atoms with E-state index in [0.717, 1.165) is 37.0 Å². The van der Waals surface area contributed by atoms with Crippen molar-refractivity contribution >= 4 is 23.6 Å². The average molecular weight is 557 g/mol. The lowest BCUT2D eigenvalue weighted by atomic mass is 9.73. The summed E-state index contributed by atoms with van der Waals surface area (Å²) < 4.78 is 16.3. The molecule has 1 N–H and O–H groups in total. The van der Waals surface area contributed by atoms with Gasteiger partial charge in [-0.3, -0.25) is 9.59 Å². The van der Waals surface area contributed by atoms with Crippen molar-refractivity contribution in [3.05, 3.63) is 23.8 Å². The maximum atomic E-state index is 13.7. The van der Waals surface area contributed by atoms with Crippen molar-refractivity contribution in [1.82, 2.24) is 15.2 Å². The highest BCUT2D eigenvalue weighted by Crippen LogP contribution is 2.40. The largest absolute Gasteiger partial charge is 0.493 e. The molecule has 2 aliphatic heterocycles. The SMILES string of the molecule is CC[C@H](NC(=O)OC(C)(C)C)C(=O)N1CCC(N2N=C(c3ccc(OC)c(OC)c3)[C@H]3CCCC[C@H]3C2=O)CC1. The van der Waals surface area contributed by atoms with Crippen LogP contribution in [-0.2, 0) is 14.3 Å². The monoisotopic (exact) mass is 556 g/mol. The van der Waals surface area contributed by atoms with Crippen LogP contribution < -0.4 is 14.8 Å². The van der Waals surface area contributed by atoms with E-state index in [9.17, 15) is 14.4 Å². The number of benzene rings is 1. The topological polar surface area (TPSA) is 110 Å². The molecule has 220 valence electrons. The van der Waals surface area contributed by atoms with E-state index in [1.165, 1.54) is 0 Å². The van der Waals surface area contributed by atoms with Crippen LogP contribution >= 0.6 is 0 Å². The molecular formula is C30H44N4O6. The zero-order valence-corrected chi connectivity index (χ0v) is 24.7. The molecule has 0 spiro atoms. The minimum Gasteiger partial charge on any atom is -0.493 e. The number of ether oxygens (including phenoxy) is 3. The number of amides is 3. The van der Waals surface area contributed by atoms with E-state index in [1.54, 1.807) is 44.9 Å². The molecule has 1 saturated heterocycles. The summed E-state index contributed by atoms with van der Waals surface area (Å²) in [6.45, 7) is 8.22. The van der Waals surface area contributed by atoms with Gasteiger partial charge >= 0.3 is 6.09 Å². The maximum absolute atomic E-state index is 13.7. The zero-order chi connectivity index (χ0) is 29.0. The number of piperidine rings is 1. The molecule has 0 bridgehead atoms. The summed E-state index contributed by atoms with van der Waals surface area (Å²) in [5.41, 5.74) is 1.23. The van der Waals surface area contributed by atoms with Gasteiger partial charge in [-0.15, -0.1) is 0 Å². The number of carbonyl (C=O) groups excluding carboxylic acids is 3. The highest BCUT2D eigenvalue weighted by atomic mass is 16.6. The van der Waals surface area contributed by atoms with Crippen LogP contribution in [0.15, 0.2) is 23.3 Å². The third-order valence-electron chi connectivity index (χ3n) is 8.07. The van der Waals surface area contributed by atoms with Gasteiger partial charge < -0.3 is 24.4 Å². The van der Waals surface area contributed by atoms with Crippen LogP contribution in [-0.4, -0.2) is 78.5 Å². The third kappa shape index (κ3) is 6.53. The van der Waals surface area contributed by atoms with E-state index in [0.29, 0.717) is 43.9 Å². The van der Waals surface area contributed by atoms with E-state index in [-0.39, 0.29) is 29.7 Å². The zero-order valence-electron chi connectivity index (χ0n) is 24.7. The molecule has 1 aromatic carbocycles. The molecule has 3 atom stereocenters. The van der Waals surface area contributed by atoms with Crippen molar-refractivity contribution in [3.8, 4) is 11.5 Å². The van der Waals surface area contributed by atoms with E-state index in [1.807, 2.05) is 25.1 Å². The van der Waals surface area contributed by atoms with Gasteiger partial charge in [-0.05, 0) is 71.1 Å². The Hall–Kier alpha value is -3.30. The van der Waals surface area contributed by atoms with Gasteiger partial charge in [0, 0.05) is 30.5 Å². The normalized spacial score (nSPS) is 22.6. The molecule has 2 heterocycles. The molecule has 3 aliphatic rings. The first-order valence-electron chi connectivity index (χ1n) is 14.5. The van der Waals surface area contributed by atoms with Crippen molar-refractivity contribution in [1.29, 1.82) is 0 Å². The van der Waals surface area contributed by atoms with Crippen LogP contribution in [0.1, 0.15) is 78.2 Å². The molecule has 4 rings (SSSR count). The smallest absolute Gasteiger partial charge is 0.408 e. The Morgan fingerprint density at radius 2 is 1.68 bits per heavy atom. The molecule has 0 aromatic heterocycles. The predicted molar refractivity (Wildman–Crippen MR) is 151 cm³/mol. The molecule has 10 nitrogen and oxygen atoms in total. The van der Waals surface area contributed by atoms with Gasteiger partial charge in [0.1, 0.15) is 11.6 Å². The highest BCUT2D eigenvalue weighted by Gasteiger charge is 2.44. The number of rotatable bonds is 7. The Morgan fingerprint density at radius 1 is 1.02 bits per heavy atom. The minimum absolute atomic E-state index is 0.0847. The number of hydrogen-bond donors (Lipinski definition) is 1. The second kappa shape index (κ2) is 12.5. The summed E-state index contributed by atoms with van der Waals surface area (Å²) in [5, 5.41) is 9.42. The Bertz CT molecular complexity index is 1120. The second-order valence-electron chi connectivity index (χ2n) is 11.9. The highest BCUT2D eigenvalue weighted by molar-refractivity contribution is 6.07. The fourth-order valence-corrected chi connectivity index (χ4v) is 6.03. The molecular weight excluding hydrogens is 512 g/mol. The number of nitrogens with one attached hydrogen (secondary N) is 1. The average Bonchev–Trinajstić information content (AvgIpc) is 2.94. The van der Waals surface area contributed by atoms with Crippen LogP contribution in [0.25, 0.3) is 0 Å². The lowest BCUT2D eigenvalue weighted by Gasteiger charge is -2.43. The fourth-order valence-electron chi connectivity index (χ4n) is 6.03. The van der Waals surface area contributed by atoms with E-state index in [2.05, 4.69) is 5.32 Å². The summed E-state index contributed by atoms with van der Waals surface area (Å²) >= 11 is 0. The summed E-state index contributed by atoms with van der Waals surface area (Å²) in [7, 11) is 3.23. The maximum Gasteiger partial charge on any atom is 0.408 e. The molecule has 2 fully saturated rings. The minimum atomic E-state index is -0.652. The number of carbonyl (C=O) groups is 3. The molecule has 10 heteroatoms. The molecule has 0 unspecified atom stereocenters. The number of methoxy groups -OCH3 is 2. The van der Waals surface area contributed by atoms with Crippen LogP contribution in [0.4, 0.5) is 4.79 Å². The lowest BCUT2D eigenvalue weighted by molar-refractivity contribution is -0.143. The summed E-state index contributed by atoms with van der Waals surface area (Å²) in [4.78, 5) is 41.0. The Morgan fingerprint density at radius 3 is 2.27 bits per heavy atom. The number of fused-ring (bicyclic) bond motifs is 1. The molecule has 1 aromatic rings. The molecule has 3 amide bonds. The van der Waals surface area contributed by atoms with Gasteiger partial charge in [0.2, 0.25) is 11.8 Å². The lowest BCUT2D eigenvalue weighted by Crippen LogP contribution is -2.55. The van der Waals surface area contributed by atoms with Gasteiger partial charge in [-0.2, -0.15) is 5.10 Å². The van der Waals surface area contributed by atoms with E-state index in [4.69, 9.17) is 19.3 Å². The number of hydrogen-bond acceptors (Lipinski definition) is 7. The Balaban J connectivity index is 1.49. The summed E-state index contributed by atoms with van der Waals surface area (Å²) in [6, 6.07) is 5.08. The van der Waals surface area contributed by atoms with Crippen LogP contribution in [0, 0.1) is 11.8 Å². The molecule has 1 saturated carbocycles. The van der Waals surface area contributed by atoms with Crippen LogP contribution in [0.2, 0.25) is 0 Å². The molecule has 40 heavy (non-hydrogen) atoms. The number of nitrogens with zero attached hydrogens (tertiary/aromatic N) is 3. The first-order chi connectivity index (χ1) is 19.1. The van der Waals surface area contributed by atoms with Gasteiger partial charge in [-0.1, -0.05) is 19.8 Å². The van der Waals surface area contributed by atoms with Crippen molar-refractivity contribution in [3.63, 3.8) is 0 Å². The second-order valence-corrected chi connectivity index (χ2v) is 11.9. The van der Waals surface area contributed by atoms with Crippen molar-refractivity contribution < 1.29 is 28.6 Å². The third-order valence-corrected chi connectivity index (χ3v) is 8.07. The summed E-state index contributed by atoms with van der Waals surface area (Å²) in [6.07, 6.45) is 5.03. The Kier molecular flexibility index (Phi) is 9.26. The van der Waals surface area contributed by atoms with Gasteiger partial charge in [0.25, 0.3) is 0 Å². The van der Waals surface area contributed by atoms with Crippen molar-refractivity contribution in [2.45, 2.75) is 90.3 Å². The van der Waals surface area contributed by atoms with Crippen LogP contribution in [0.3, 0.4) is 0 Å². The molecule has 1 aliphatic carbocycles. The standard InChI is InChI=1S/C30H44N4O6/c1-7-23(31-29(37)40-30(2,3)4)28(36)33-16-14-20(15-17-33)34-27(35)22-11-9-8-10-21(22)26(32-34)19-12-13-24(38-5)25(18-19)39-6/h12-13,18,20-23H,7-11,14-17H2,1-6H3,(H,31,37)/t21-,22+,23-/m0/s1. The van der Waals surface area contributed by atoms with E-state index < -0.39 is 17.7 Å². The van der Waals surface area contributed by atoms with Crippen LogP contribution in [0.5, 0.6) is 11.5 Å². The molecule has 0 radical (unpaired) electrons. The first-order valence-corrected chi connectivity index (χ1v) is 14.5. The first kappa shape index (κ1) is 29.7. The summed E-state index contributed by atoms with van der Waals surface area (Å²) in [5.74, 6) is 1.25. The van der Waals surface area contributed by atoms with Gasteiger partial charge in [-0.25, -0.2) is 9.80 Å². The van der Waals surface area contributed by atoms with Crippen molar-refractivity contribution in [2.75, 3.05) is 27.3 Å². The quantitative estimate of drug-likeness (QED) is 0.535. The number of hydrazone groups is 1. The van der Waals surface area contributed by atoms with Gasteiger partial charge in [0.15, 0.2) is 11.5 Å². The predicted octanol–water partition coefficient (Wildman–Crippen LogP) is 4.35.